The van der Waals surface area contributed by atoms with Gasteiger partial charge in [0.2, 0.25) is 5.82 Å². The molecule has 1 aliphatic heterocycles. The maximum absolute atomic E-state index is 14.0. The van der Waals surface area contributed by atoms with Crippen LogP contribution >= 0.6 is 12.2 Å². The van der Waals surface area contributed by atoms with E-state index in [9.17, 15) is 4.39 Å². The summed E-state index contributed by atoms with van der Waals surface area (Å²) in [4.78, 5) is 6.55. The van der Waals surface area contributed by atoms with E-state index in [-0.39, 0.29) is 5.82 Å². The number of nitrogens with one attached hydrogen (secondary N) is 1. The van der Waals surface area contributed by atoms with Crippen LogP contribution in [0.3, 0.4) is 0 Å². The first-order valence-electron chi connectivity index (χ1n) is 10.0. The lowest BCUT2D eigenvalue weighted by molar-refractivity contribution is 0.183. The van der Waals surface area contributed by atoms with Crippen molar-refractivity contribution in [2.45, 2.75) is 13.0 Å². The summed E-state index contributed by atoms with van der Waals surface area (Å²) in [6.07, 6.45) is 0. The number of rotatable bonds is 7. The smallest absolute Gasteiger partial charge is 0.258 e. The van der Waals surface area contributed by atoms with Crippen molar-refractivity contribution in [1.82, 2.24) is 20.4 Å². The normalized spacial score (nSPS) is 16.3. The molecule has 4 rings (SSSR count). The van der Waals surface area contributed by atoms with E-state index >= 15 is 0 Å². The Morgan fingerprint density at radius 3 is 2.66 bits per heavy atom. The summed E-state index contributed by atoms with van der Waals surface area (Å²) in [7, 11) is 3.24. The van der Waals surface area contributed by atoms with Crippen LogP contribution in [0.1, 0.15) is 24.4 Å². The van der Waals surface area contributed by atoms with Crippen molar-refractivity contribution < 1.29 is 18.4 Å². The number of allylic oxidation sites excluding steroid dienone is 1. The van der Waals surface area contributed by atoms with Gasteiger partial charge in [-0.15, -0.1) is 0 Å². The van der Waals surface area contributed by atoms with Gasteiger partial charge in [0.15, 0.2) is 5.11 Å². The third-order valence-electron chi connectivity index (χ3n) is 5.30. The molecule has 2 aromatic carbocycles. The summed E-state index contributed by atoms with van der Waals surface area (Å²) in [5, 5.41) is 7.98. The zero-order valence-corrected chi connectivity index (χ0v) is 18.8. The number of aromatic nitrogens is 2. The fourth-order valence-electron chi connectivity index (χ4n) is 3.64. The van der Waals surface area contributed by atoms with Crippen molar-refractivity contribution in [3.63, 3.8) is 0 Å². The Kier molecular flexibility index (Phi) is 6.48. The molecular weight excluding hydrogens is 431 g/mol. The Morgan fingerprint density at radius 2 is 1.97 bits per heavy atom. The van der Waals surface area contributed by atoms with Crippen LogP contribution in [-0.4, -0.2) is 47.5 Å². The molecule has 1 N–H and O–H groups in total. The number of ether oxygens (including phenoxy) is 2. The number of nitrogens with zero attached hydrogens (tertiary/aromatic N) is 3. The highest BCUT2D eigenvalue weighted by Gasteiger charge is 2.34. The predicted molar refractivity (Wildman–Crippen MR) is 122 cm³/mol. The summed E-state index contributed by atoms with van der Waals surface area (Å²) >= 11 is 5.59. The molecule has 2 heterocycles. The molecule has 0 spiro atoms. The van der Waals surface area contributed by atoms with Crippen molar-refractivity contribution in [2.75, 3.05) is 27.4 Å². The van der Waals surface area contributed by atoms with Gasteiger partial charge in [-0.2, -0.15) is 4.98 Å². The molecule has 0 bridgehead atoms. The van der Waals surface area contributed by atoms with Gasteiger partial charge in [-0.05, 0) is 61.1 Å². The second-order valence-corrected chi connectivity index (χ2v) is 7.62. The van der Waals surface area contributed by atoms with Crippen molar-refractivity contribution >= 4 is 22.9 Å². The van der Waals surface area contributed by atoms with Crippen molar-refractivity contribution in [1.29, 1.82) is 0 Å². The van der Waals surface area contributed by atoms with E-state index in [2.05, 4.69) is 15.5 Å². The molecule has 7 nitrogen and oxygen atoms in total. The minimum absolute atomic E-state index is 0.333. The van der Waals surface area contributed by atoms with Crippen LogP contribution in [0.2, 0.25) is 0 Å². The van der Waals surface area contributed by atoms with E-state index < -0.39 is 6.04 Å². The number of halogens is 1. The Hall–Kier alpha value is -3.30. The molecule has 1 aliphatic rings. The standard InChI is InChI=1S/C23H23FN4O3S/c1-14-19(22-26-21(27-31-22)15-7-9-18(30-3)10-8-15)20(16-5-4-6-17(24)13-16)25-23(32)28(14)11-12-29-2/h4-10,13,20H,11-12H2,1-3H3,(H,25,32). The molecule has 0 fully saturated rings. The second kappa shape index (κ2) is 9.46. The lowest BCUT2D eigenvalue weighted by atomic mass is 9.94. The topological polar surface area (TPSA) is 72.7 Å². The molecule has 166 valence electrons. The van der Waals surface area contributed by atoms with Crippen LogP contribution in [0.4, 0.5) is 4.39 Å². The molecule has 9 heteroatoms. The molecule has 3 aromatic rings. The average molecular weight is 455 g/mol. The van der Waals surface area contributed by atoms with E-state index in [0.717, 1.165) is 22.6 Å². The molecule has 0 radical (unpaired) electrons. The summed E-state index contributed by atoms with van der Waals surface area (Å²) in [5.74, 6) is 1.18. The van der Waals surface area contributed by atoms with E-state index in [1.807, 2.05) is 42.2 Å². The largest absolute Gasteiger partial charge is 0.497 e. The highest BCUT2D eigenvalue weighted by Crippen LogP contribution is 2.37. The second-order valence-electron chi connectivity index (χ2n) is 7.23. The van der Waals surface area contributed by atoms with Gasteiger partial charge in [0, 0.05) is 24.9 Å². The average Bonchev–Trinajstić information content (AvgIpc) is 3.28. The van der Waals surface area contributed by atoms with Crippen LogP contribution in [0, 0.1) is 5.82 Å². The van der Waals surface area contributed by atoms with Crippen LogP contribution in [0.5, 0.6) is 5.75 Å². The minimum atomic E-state index is -0.443. The zero-order chi connectivity index (χ0) is 22.7. The van der Waals surface area contributed by atoms with Gasteiger partial charge in [0.05, 0.1) is 25.3 Å². The van der Waals surface area contributed by atoms with Gasteiger partial charge in [0.25, 0.3) is 5.89 Å². The van der Waals surface area contributed by atoms with E-state index in [1.54, 1.807) is 20.3 Å². The Balaban J connectivity index is 1.78. The van der Waals surface area contributed by atoms with Crippen LogP contribution in [0.25, 0.3) is 17.0 Å². The van der Waals surface area contributed by atoms with Gasteiger partial charge in [0.1, 0.15) is 11.6 Å². The lowest BCUT2D eigenvalue weighted by Crippen LogP contribution is -2.47. The first-order valence-corrected chi connectivity index (χ1v) is 10.4. The molecule has 0 saturated carbocycles. The highest BCUT2D eigenvalue weighted by atomic mass is 32.1. The van der Waals surface area contributed by atoms with Gasteiger partial charge in [-0.25, -0.2) is 4.39 Å². The molecule has 1 unspecified atom stereocenters. The lowest BCUT2D eigenvalue weighted by Gasteiger charge is -2.37. The fourth-order valence-corrected chi connectivity index (χ4v) is 3.98. The molecule has 1 aromatic heterocycles. The predicted octanol–water partition coefficient (Wildman–Crippen LogP) is 4.19. The van der Waals surface area contributed by atoms with Crippen LogP contribution < -0.4 is 10.1 Å². The first-order chi connectivity index (χ1) is 15.5. The van der Waals surface area contributed by atoms with Crippen molar-refractivity contribution in [3.8, 4) is 17.1 Å². The van der Waals surface area contributed by atoms with Gasteiger partial charge in [-0.1, -0.05) is 17.3 Å². The highest BCUT2D eigenvalue weighted by molar-refractivity contribution is 7.80. The first kappa shape index (κ1) is 21.9. The molecule has 1 atom stereocenters. The number of methoxy groups -OCH3 is 2. The Bertz CT molecular complexity index is 1150. The van der Waals surface area contributed by atoms with E-state index in [1.165, 1.54) is 12.1 Å². The van der Waals surface area contributed by atoms with E-state index in [4.69, 9.17) is 26.2 Å². The summed E-state index contributed by atoms with van der Waals surface area (Å²) < 4.78 is 30.1. The quantitative estimate of drug-likeness (QED) is 0.533. The maximum atomic E-state index is 14.0. The third-order valence-corrected chi connectivity index (χ3v) is 5.64. The number of thiocarbonyl (C=S) groups is 1. The van der Waals surface area contributed by atoms with E-state index in [0.29, 0.717) is 35.5 Å². The number of benzene rings is 2. The summed E-state index contributed by atoms with van der Waals surface area (Å²) in [6, 6.07) is 13.3. The number of hydrogen-bond donors (Lipinski definition) is 1. The van der Waals surface area contributed by atoms with Gasteiger partial charge in [-0.3, -0.25) is 0 Å². The Morgan fingerprint density at radius 1 is 1.19 bits per heavy atom. The fraction of sp³-hybridized carbons (Fsp3) is 0.261. The summed E-state index contributed by atoms with van der Waals surface area (Å²) in [6.45, 7) is 2.96. The number of hydrogen-bond acceptors (Lipinski definition) is 6. The van der Waals surface area contributed by atoms with Crippen LogP contribution in [-0.2, 0) is 4.74 Å². The summed E-state index contributed by atoms with van der Waals surface area (Å²) in [5.41, 5.74) is 3.06. The zero-order valence-electron chi connectivity index (χ0n) is 18.0. The van der Waals surface area contributed by atoms with Gasteiger partial charge < -0.3 is 24.2 Å². The maximum Gasteiger partial charge on any atom is 0.258 e. The van der Waals surface area contributed by atoms with Gasteiger partial charge >= 0.3 is 0 Å². The van der Waals surface area contributed by atoms with Crippen molar-refractivity contribution in [2.24, 2.45) is 0 Å². The minimum Gasteiger partial charge on any atom is -0.497 e. The van der Waals surface area contributed by atoms with Crippen LogP contribution in [0.15, 0.2) is 58.8 Å². The molecule has 0 amide bonds. The van der Waals surface area contributed by atoms with Crippen molar-refractivity contribution in [3.05, 3.63) is 71.5 Å². The molecule has 0 saturated heterocycles. The SMILES string of the molecule is COCCN1C(=S)NC(c2cccc(F)c2)C(c2nc(-c3ccc(OC)cc3)no2)=C1C. The molecule has 0 aliphatic carbocycles. The molecular formula is C23H23FN4O3S. The Labute approximate surface area is 190 Å². The monoisotopic (exact) mass is 454 g/mol. The third kappa shape index (κ3) is 4.35. The molecule has 32 heavy (non-hydrogen) atoms.